The first kappa shape index (κ1) is 12.9. The zero-order valence-corrected chi connectivity index (χ0v) is 11.0. The van der Waals surface area contributed by atoms with Gasteiger partial charge in [0.15, 0.2) is 5.82 Å². The average Bonchev–Trinajstić information content (AvgIpc) is 2.56. The van der Waals surface area contributed by atoms with Gasteiger partial charge >= 0.3 is 0 Å². The molecule has 3 aromatic rings. The summed E-state index contributed by atoms with van der Waals surface area (Å²) in [6.07, 6.45) is 1.66. The topological polar surface area (TPSA) is 68.9 Å². The van der Waals surface area contributed by atoms with Crippen LogP contribution in [-0.4, -0.2) is 14.9 Å². The summed E-state index contributed by atoms with van der Waals surface area (Å²) >= 11 is 0. The minimum Gasteiger partial charge on any atom is -0.258 e. The molecule has 0 aliphatic heterocycles. The maximum atomic E-state index is 10.8. The van der Waals surface area contributed by atoms with E-state index >= 15 is 0 Å². The van der Waals surface area contributed by atoms with E-state index in [0.717, 1.165) is 11.3 Å². The molecule has 3 rings (SSSR count). The van der Waals surface area contributed by atoms with Crippen molar-refractivity contribution in [1.29, 1.82) is 0 Å². The second kappa shape index (κ2) is 5.50. The second-order valence-corrected chi connectivity index (χ2v) is 4.44. The Balaban J connectivity index is 2.04. The van der Waals surface area contributed by atoms with Crippen molar-refractivity contribution in [2.45, 2.75) is 0 Å². The summed E-state index contributed by atoms with van der Waals surface area (Å²) in [5, 5.41) is 10.8. The summed E-state index contributed by atoms with van der Waals surface area (Å²) in [5.74, 6) is 0.472. The van der Waals surface area contributed by atoms with Gasteiger partial charge in [-0.1, -0.05) is 42.5 Å². The molecule has 0 bridgehead atoms. The molecule has 0 aliphatic carbocycles. The van der Waals surface area contributed by atoms with Gasteiger partial charge in [-0.15, -0.1) is 0 Å². The fourth-order valence-corrected chi connectivity index (χ4v) is 2.03. The Bertz CT molecular complexity index is 788. The third kappa shape index (κ3) is 2.76. The molecule has 0 unspecified atom stereocenters. The molecule has 5 nitrogen and oxygen atoms in total. The molecule has 5 heteroatoms. The van der Waals surface area contributed by atoms with Crippen molar-refractivity contribution < 1.29 is 4.92 Å². The molecule has 1 aromatic heterocycles. The van der Waals surface area contributed by atoms with Crippen LogP contribution >= 0.6 is 0 Å². The van der Waals surface area contributed by atoms with Crippen LogP contribution in [0.4, 0.5) is 5.69 Å². The smallest absolute Gasteiger partial charge is 0.258 e. The fraction of sp³-hybridized carbons (Fsp3) is 0. The number of non-ortho nitro benzene ring substituents is 1. The van der Waals surface area contributed by atoms with Gasteiger partial charge in [-0.3, -0.25) is 10.1 Å². The molecule has 0 N–H and O–H groups in total. The molecule has 0 fully saturated rings. The molecule has 0 atom stereocenters. The zero-order chi connectivity index (χ0) is 14.7. The molecule has 2 aromatic carbocycles. The van der Waals surface area contributed by atoms with E-state index < -0.39 is 4.92 Å². The molecule has 0 spiro atoms. The molecule has 21 heavy (non-hydrogen) atoms. The number of nitro groups is 1. The standard InChI is InChI=1S/C16H11N3O2/c20-19(21)14-8-4-7-13(11-14)16-17-10-9-15(18-16)12-5-2-1-3-6-12/h1-11H. The van der Waals surface area contributed by atoms with Crippen LogP contribution in [0, 0.1) is 10.1 Å². The summed E-state index contributed by atoms with van der Waals surface area (Å²) in [4.78, 5) is 19.1. The van der Waals surface area contributed by atoms with E-state index in [9.17, 15) is 10.1 Å². The van der Waals surface area contributed by atoms with Gasteiger partial charge in [-0.05, 0) is 6.07 Å². The van der Waals surface area contributed by atoms with E-state index in [1.807, 2.05) is 36.4 Å². The summed E-state index contributed by atoms with van der Waals surface area (Å²) in [6.45, 7) is 0. The van der Waals surface area contributed by atoms with Crippen molar-refractivity contribution in [2.75, 3.05) is 0 Å². The Hall–Kier alpha value is -3.08. The van der Waals surface area contributed by atoms with E-state index in [1.165, 1.54) is 12.1 Å². The zero-order valence-electron chi connectivity index (χ0n) is 11.0. The Kier molecular flexibility index (Phi) is 3.39. The number of hydrogen-bond donors (Lipinski definition) is 0. The maximum absolute atomic E-state index is 10.8. The lowest BCUT2D eigenvalue weighted by Gasteiger charge is -2.04. The molecular weight excluding hydrogens is 266 g/mol. The van der Waals surface area contributed by atoms with Crippen molar-refractivity contribution in [3.8, 4) is 22.6 Å². The Morgan fingerprint density at radius 1 is 0.905 bits per heavy atom. The van der Waals surface area contributed by atoms with Gasteiger partial charge in [-0.2, -0.15) is 0 Å². The van der Waals surface area contributed by atoms with Crippen molar-refractivity contribution in [1.82, 2.24) is 9.97 Å². The van der Waals surface area contributed by atoms with Crippen LogP contribution < -0.4 is 0 Å². The first-order valence-corrected chi connectivity index (χ1v) is 6.37. The lowest BCUT2D eigenvalue weighted by atomic mass is 10.1. The highest BCUT2D eigenvalue weighted by atomic mass is 16.6. The van der Waals surface area contributed by atoms with Crippen molar-refractivity contribution >= 4 is 5.69 Å². The first-order valence-electron chi connectivity index (χ1n) is 6.37. The summed E-state index contributed by atoms with van der Waals surface area (Å²) in [6, 6.07) is 17.9. The largest absolute Gasteiger partial charge is 0.270 e. The maximum Gasteiger partial charge on any atom is 0.270 e. The van der Waals surface area contributed by atoms with Crippen molar-refractivity contribution in [3.63, 3.8) is 0 Å². The molecule has 0 amide bonds. The third-order valence-electron chi connectivity index (χ3n) is 3.04. The SMILES string of the molecule is O=[N+]([O-])c1cccc(-c2nccc(-c3ccccc3)n2)c1. The molecule has 0 saturated carbocycles. The van der Waals surface area contributed by atoms with Crippen LogP contribution in [0.15, 0.2) is 66.9 Å². The van der Waals surface area contributed by atoms with Gasteiger partial charge < -0.3 is 0 Å². The lowest BCUT2D eigenvalue weighted by Crippen LogP contribution is -1.93. The molecule has 0 saturated heterocycles. The van der Waals surface area contributed by atoms with E-state index in [1.54, 1.807) is 18.3 Å². The lowest BCUT2D eigenvalue weighted by molar-refractivity contribution is -0.384. The number of hydrogen-bond acceptors (Lipinski definition) is 4. The van der Waals surface area contributed by atoms with Crippen LogP contribution in [-0.2, 0) is 0 Å². The summed E-state index contributed by atoms with van der Waals surface area (Å²) in [7, 11) is 0. The van der Waals surface area contributed by atoms with Crippen molar-refractivity contribution in [3.05, 3.63) is 77.0 Å². The van der Waals surface area contributed by atoms with Gasteiger partial charge in [0.05, 0.1) is 10.6 Å². The highest BCUT2D eigenvalue weighted by Crippen LogP contribution is 2.23. The Morgan fingerprint density at radius 3 is 2.43 bits per heavy atom. The Labute approximate surface area is 121 Å². The monoisotopic (exact) mass is 277 g/mol. The molecule has 0 aliphatic rings. The molecule has 0 radical (unpaired) electrons. The van der Waals surface area contributed by atoms with Gasteiger partial charge in [0.1, 0.15) is 0 Å². The van der Waals surface area contributed by atoms with E-state index in [0.29, 0.717) is 11.4 Å². The number of benzene rings is 2. The predicted octanol–water partition coefficient (Wildman–Crippen LogP) is 3.72. The molecular formula is C16H11N3O2. The van der Waals surface area contributed by atoms with Gasteiger partial charge in [0.25, 0.3) is 5.69 Å². The number of aromatic nitrogens is 2. The Morgan fingerprint density at radius 2 is 1.67 bits per heavy atom. The van der Waals surface area contributed by atoms with Crippen LogP contribution in [0.25, 0.3) is 22.6 Å². The summed E-state index contributed by atoms with van der Waals surface area (Å²) < 4.78 is 0. The predicted molar refractivity (Wildman–Crippen MR) is 79.6 cm³/mol. The normalized spacial score (nSPS) is 10.3. The van der Waals surface area contributed by atoms with Gasteiger partial charge in [-0.25, -0.2) is 9.97 Å². The van der Waals surface area contributed by atoms with Crippen LogP contribution in [0.5, 0.6) is 0 Å². The summed E-state index contributed by atoms with van der Waals surface area (Å²) in [5.41, 5.74) is 2.42. The minimum atomic E-state index is -0.426. The fourth-order valence-electron chi connectivity index (χ4n) is 2.03. The van der Waals surface area contributed by atoms with E-state index in [2.05, 4.69) is 9.97 Å². The highest BCUT2D eigenvalue weighted by molar-refractivity contribution is 5.64. The molecule has 1 heterocycles. The molecule has 102 valence electrons. The first-order chi connectivity index (χ1) is 10.2. The van der Waals surface area contributed by atoms with Crippen molar-refractivity contribution in [2.24, 2.45) is 0 Å². The van der Waals surface area contributed by atoms with Crippen LogP contribution in [0.2, 0.25) is 0 Å². The number of nitro benzene ring substituents is 1. The minimum absolute atomic E-state index is 0.0289. The second-order valence-electron chi connectivity index (χ2n) is 4.44. The van der Waals surface area contributed by atoms with Gasteiger partial charge in [0.2, 0.25) is 0 Å². The highest BCUT2D eigenvalue weighted by Gasteiger charge is 2.09. The average molecular weight is 277 g/mol. The number of nitrogens with zero attached hydrogens (tertiary/aromatic N) is 3. The van der Waals surface area contributed by atoms with Crippen LogP contribution in [0.1, 0.15) is 0 Å². The van der Waals surface area contributed by atoms with E-state index in [-0.39, 0.29) is 5.69 Å². The van der Waals surface area contributed by atoms with E-state index in [4.69, 9.17) is 0 Å². The quantitative estimate of drug-likeness (QED) is 0.540. The number of rotatable bonds is 3. The third-order valence-corrected chi connectivity index (χ3v) is 3.04. The van der Waals surface area contributed by atoms with Crippen LogP contribution in [0.3, 0.4) is 0 Å². The van der Waals surface area contributed by atoms with Gasteiger partial charge in [0, 0.05) is 29.5 Å².